The summed E-state index contributed by atoms with van der Waals surface area (Å²) in [6.45, 7) is 4.13. The van der Waals surface area contributed by atoms with Gasteiger partial charge >= 0.3 is 0 Å². The Kier molecular flexibility index (Phi) is 3.72. The summed E-state index contributed by atoms with van der Waals surface area (Å²) in [5.41, 5.74) is 6.26. The molecule has 5 heteroatoms. The Morgan fingerprint density at radius 1 is 1.33 bits per heavy atom. The molecule has 0 aliphatic rings. The molecule has 2 rings (SSSR count). The zero-order valence-electron chi connectivity index (χ0n) is 10.4. The van der Waals surface area contributed by atoms with Crippen LogP contribution in [0, 0.1) is 11.7 Å². The second kappa shape index (κ2) is 5.27. The number of benzene rings is 1. The van der Waals surface area contributed by atoms with Crippen LogP contribution in [0.1, 0.15) is 32.2 Å². The molecule has 2 N–H and O–H groups in total. The Labute approximate surface area is 105 Å². The third kappa shape index (κ3) is 2.73. The van der Waals surface area contributed by atoms with Crippen LogP contribution in [0.15, 0.2) is 28.8 Å². The Morgan fingerprint density at radius 3 is 2.72 bits per heavy atom. The fraction of sp³-hybridized carbons (Fsp3) is 0.385. The topological polar surface area (TPSA) is 64.9 Å². The minimum absolute atomic E-state index is 0.238. The first kappa shape index (κ1) is 12.7. The van der Waals surface area contributed by atoms with Gasteiger partial charge in [0.1, 0.15) is 5.82 Å². The fourth-order valence-electron chi connectivity index (χ4n) is 1.75. The van der Waals surface area contributed by atoms with Crippen LogP contribution < -0.4 is 5.73 Å². The number of rotatable bonds is 4. The van der Waals surface area contributed by atoms with Crippen molar-refractivity contribution in [1.82, 2.24) is 10.1 Å². The molecule has 1 aromatic carbocycles. The molecule has 0 saturated carbocycles. The molecule has 4 nitrogen and oxygen atoms in total. The first-order chi connectivity index (χ1) is 8.58. The molecular weight excluding hydrogens is 233 g/mol. The van der Waals surface area contributed by atoms with Crippen molar-refractivity contribution in [1.29, 1.82) is 0 Å². The van der Waals surface area contributed by atoms with Gasteiger partial charge in [-0.3, -0.25) is 0 Å². The molecule has 96 valence electrons. The molecule has 0 amide bonds. The van der Waals surface area contributed by atoms with E-state index in [1.54, 1.807) is 18.2 Å². The van der Waals surface area contributed by atoms with Gasteiger partial charge in [-0.2, -0.15) is 4.98 Å². The number of hydrogen-bond donors (Lipinski definition) is 1. The van der Waals surface area contributed by atoms with Gasteiger partial charge in [-0.25, -0.2) is 4.39 Å². The molecule has 0 bridgehead atoms. The van der Waals surface area contributed by atoms with Gasteiger partial charge in [0.15, 0.2) is 0 Å². The summed E-state index contributed by atoms with van der Waals surface area (Å²) in [5.74, 6) is 0.648. The van der Waals surface area contributed by atoms with Crippen LogP contribution in [0.2, 0.25) is 0 Å². The predicted octanol–water partition coefficient (Wildman–Crippen LogP) is 2.92. The predicted molar refractivity (Wildman–Crippen MR) is 66.1 cm³/mol. The van der Waals surface area contributed by atoms with Crippen LogP contribution in [0.3, 0.4) is 0 Å². The van der Waals surface area contributed by atoms with Crippen molar-refractivity contribution in [3.8, 4) is 11.4 Å². The van der Waals surface area contributed by atoms with Crippen molar-refractivity contribution in [3.05, 3.63) is 36.0 Å². The number of halogens is 1. The number of nitrogens with zero attached hydrogens (tertiary/aromatic N) is 2. The van der Waals surface area contributed by atoms with Gasteiger partial charge in [-0.15, -0.1) is 0 Å². The molecule has 2 aromatic rings. The monoisotopic (exact) mass is 249 g/mol. The molecule has 0 unspecified atom stereocenters. The van der Waals surface area contributed by atoms with E-state index in [0.717, 1.165) is 6.42 Å². The van der Waals surface area contributed by atoms with Crippen molar-refractivity contribution in [2.45, 2.75) is 26.3 Å². The number of hydrogen-bond acceptors (Lipinski definition) is 4. The largest absolute Gasteiger partial charge is 0.337 e. The fourth-order valence-corrected chi connectivity index (χ4v) is 1.75. The summed E-state index contributed by atoms with van der Waals surface area (Å²) >= 11 is 0. The van der Waals surface area contributed by atoms with Crippen LogP contribution in [0.4, 0.5) is 4.39 Å². The summed E-state index contributed by atoms with van der Waals surface area (Å²) in [6, 6.07) is 6.00. The normalized spacial score (nSPS) is 12.9. The van der Waals surface area contributed by atoms with Crippen LogP contribution in [0.5, 0.6) is 0 Å². The zero-order chi connectivity index (χ0) is 13.1. The molecule has 1 aromatic heterocycles. The molecule has 0 aliphatic heterocycles. The third-order valence-corrected chi connectivity index (χ3v) is 2.60. The lowest BCUT2D eigenvalue weighted by atomic mass is 10.0. The third-order valence-electron chi connectivity index (χ3n) is 2.60. The van der Waals surface area contributed by atoms with E-state index in [-0.39, 0.29) is 17.7 Å². The van der Waals surface area contributed by atoms with Crippen LogP contribution in [0.25, 0.3) is 11.4 Å². The van der Waals surface area contributed by atoms with Gasteiger partial charge in [0, 0.05) is 0 Å². The van der Waals surface area contributed by atoms with Gasteiger partial charge in [-0.1, -0.05) is 31.1 Å². The van der Waals surface area contributed by atoms with E-state index in [9.17, 15) is 4.39 Å². The Morgan fingerprint density at radius 2 is 2.06 bits per heavy atom. The maximum Gasteiger partial charge on any atom is 0.243 e. The van der Waals surface area contributed by atoms with Crippen LogP contribution >= 0.6 is 0 Å². The maximum absolute atomic E-state index is 13.5. The molecular formula is C13H16FN3O. The number of aromatic nitrogens is 2. The molecule has 0 radical (unpaired) electrons. The van der Waals surface area contributed by atoms with Gasteiger partial charge in [0.25, 0.3) is 0 Å². The average molecular weight is 249 g/mol. The van der Waals surface area contributed by atoms with Gasteiger partial charge in [-0.05, 0) is 24.5 Å². The van der Waals surface area contributed by atoms with Gasteiger partial charge in [0.05, 0.1) is 11.6 Å². The summed E-state index contributed by atoms with van der Waals surface area (Å²) < 4.78 is 18.6. The molecule has 0 fully saturated rings. The standard InChI is InChI=1S/C13H16FN3O/c1-8(2)7-11(15)13-16-12(17-18-13)9-5-3-4-6-10(9)14/h3-6,8,11H,7,15H2,1-2H3/t11-/m0/s1. The van der Waals surface area contributed by atoms with E-state index in [1.165, 1.54) is 6.07 Å². The molecule has 0 saturated heterocycles. The first-order valence-corrected chi connectivity index (χ1v) is 5.92. The second-order valence-corrected chi connectivity index (χ2v) is 4.67. The Balaban J connectivity index is 2.23. The van der Waals surface area contributed by atoms with Crippen LogP contribution in [-0.4, -0.2) is 10.1 Å². The quantitative estimate of drug-likeness (QED) is 0.904. The molecule has 1 heterocycles. The molecule has 0 aliphatic carbocycles. The van der Waals surface area contributed by atoms with Crippen molar-refractivity contribution in [2.24, 2.45) is 11.7 Å². The summed E-state index contributed by atoms with van der Waals surface area (Å²) in [5, 5.41) is 3.77. The summed E-state index contributed by atoms with van der Waals surface area (Å²) in [4.78, 5) is 4.15. The molecule has 1 atom stereocenters. The van der Waals surface area contributed by atoms with E-state index in [4.69, 9.17) is 10.3 Å². The van der Waals surface area contributed by atoms with E-state index < -0.39 is 0 Å². The SMILES string of the molecule is CC(C)C[C@H](N)c1nc(-c2ccccc2F)no1. The highest BCUT2D eigenvalue weighted by Crippen LogP contribution is 2.22. The van der Waals surface area contributed by atoms with Crippen molar-refractivity contribution >= 4 is 0 Å². The summed E-state index contributed by atoms with van der Waals surface area (Å²) in [7, 11) is 0. The smallest absolute Gasteiger partial charge is 0.243 e. The van der Waals surface area contributed by atoms with Crippen molar-refractivity contribution < 1.29 is 8.91 Å². The highest BCUT2D eigenvalue weighted by atomic mass is 19.1. The first-order valence-electron chi connectivity index (χ1n) is 5.92. The number of nitrogens with two attached hydrogens (primary N) is 1. The lowest BCUT2D eigenvalue weighted by Crippen LogP contribution is -2.13. The van der Waals surface area contributed by atoms with Gasteiger partial charge in [0.2, 0.25) is 11.7 Å². The van der Waals surface area contributed by atoms with Crippen LogP contribution in [-0.2, 0) is 0 Å². The zero-order valence-corrected chi connectivity index (χ0v) is 10.4. The van der Waals surface area contributed by atoms with Crippen molar-refractivity contribution in [2.75, 3.05) is 0 Å². The highest BCUT2D eigenvalue weighted by molar-refractivity contribution is 5.54. The molecule has 0 spiro atoms. The lowest BCUT2D eigenvalue weighted by Gasteiger charge is -2.08. The highest BCUT2D eigenvalue weighted by Gasteiger charge is 2.18. The van der Waals surface area contributed by atoms with Gasteiger partial charge < -0.3 is 10.3 Å². The van der Waals surface area contributed by atoms with E-state index in [2.05, 4.69) is 24.0 Å². The van der Waals surface area contributed by atoms with E-state index >= 15 is 0 Å². The second-order valence-electron chi connectivity index (χ2n) is 4.67. The van der Waals surface area contributed by atoms with E-state index in [1.807, 2.05) is 0 Å². The maximum atomic E-state index is 13.5. The minimum atomic E-state index is -0.373. The minimum Gasteiger partial charge on any atom is -0.337 e. The Hall–Kier alpha value is -1.75. The lowest BCUT2D eigenvalue weighted by molar-refractivity contribution is 0.335. The molecule has 18 heavy (non-hydrogen) atoms. The summed E-state index contributed by atoms with van der Waals surface area (Å²) in [6.07, 6.45) is 0.749. The van der Waals surface area contributed by atoms with Crippen molar-refractivity contribution in [3.63, 3.8) is 0 Å². The average Bonchev–Trinajstić information content (AvgIpc) is 2.78. The van der Waals surface area contributed by atoms with E-state index in [0.29, 0.717) is 17.4 Å². The Bertz CT molecular complexity index is 524.